The van der Waals surface area contributed by atoms with Crippen LogP contribution in [0.3, 0.4) is 0 Å². The normalized spacial score (nSPS) is 14.7. The minimum absolute atomic E-state index is 0.0801. The summed E-state index contributed by atoms with van der Waals surface area (Å²) in [7, 11) is 3.75. The van der Waals surface area contributed by atoms with Crippen LogP contribution in [0.15, 0.2) is 42.5 Å². The topological polar surface area (TPSA) is 69.8 Å². The fourth-order valence-corrected chi connectivity index (χ4v) is 4.00. The molecule has 1 saturated carbocycles. The van der Waals surface area contributed by atoms with Crippen LogP contribution in [0.2, 0.25) is 0 Å². The number of fused-ring (bicyclic) bond motifs is 1. The van der Waals surface area contributed by atoms with Crippen LogP contribution in [0.1, 0.15) is 80.5 Å². The quantitative estimate of drug-likeness (QED) is 0.487. The SMILES string of the molecule is CC(C)(C)c1ccc(C(=O)Nc2ccc3nc(C4CCCCC4)[nH]c3c2)cc1.CNC. The number of rotatable bonds is 3. The van der Waals surface area contributed by atoms with E-state index in [1.165, 1.54) is 37.7 Å². The van der Waals surface area contributed by atoms with Crippen molar-refractivity contribution < 1.29 is 4.79 Å². The van der Waals surface area contributed by atoms with Gasteiger partial charge in [-0.05, 0) is 68.2 Å². The molecule has 0 bridgehead atoms. The highest BCUT2D eigenvalue weighted by Gasteiger charge is 2.19. The molecule has 0 radical (unpaired) electrons. The maximum atomic E-state index is 12.6. The summed E-state index contributed by atoms with van der Waals surface area (Å²) in [5.74, 6) is 1.54. The van der Waals surface area contributed by atoms with Crippen molar-refractivity contribution in [1.82, 2.24) is 15.3 Å². The standard InChI is InChI=1S/C24H29N3O.C2H7N/c1-24(2,3)18-11-9-17(10-12-18)23(28)25-19-13-14-20-21(15-19)27-22(26-20)16-7-5-4-6-8-16;1-3-2/h9-16H,4-8H2,1-3H3,(H,25,28)(H,26,27);3H,1-2H3. The number of carbonyl (C=O) groups excluding carboxylic acids is 1. The highest BCUT2D eigenvalue weighted by molar-refractivity contribution is 6.05. The summed E-state index contributed by atoms with van der Waals surface area (Å²) in [6.07, 6.45) is 6.35. The Morgan fingerprint density at radius 2 is 1.65 bits per heavy atom. The van der Waals surface area contributed by atoms with E-state index < -0.39 is 0 Å². The number of benzene rings is 2. The van der Waals surface area contributed by atoms with Gasteiger partial charge in [0.1, 0.15) is 5.82 Å². The Kier molecular flexibility index (Phi) is 7.50. The molecule has 0 aliphatic heterocycles. The molecular formula is C26H36N4O. The van der Waals surface area contributed by atoms with Crippen molar-refractivity contribution in [2.75, 3.05) is 19.4 Å². The van der Waals surface area contributed by atoms with Crippen LogP contribution in [-0.4, -0.2) is 30.0 Å². The molecule has 1 fully saturated rings. The van der Waals surface area contributed by atoms with Gasteiger partial charge in [0.05, 0.1) is 11.0 Å². The van der Waals surface area contributed by atoms with Crippen molar-refractivity contribution in [2.45, 2.75) is 64.2 Å². The van der Waals surface area contributed by atoms with E-state index in [1.54, 1.807) is 0 Å². The largest absolute Gasteiger partial charge is 0.342 e. The molecular weight excluding hydrogens is 384 g/mol. The Bertz CT molecular complexity index is 992. The maximum absolute atomic E-state index is 12.6. The molecule has 0 unspecified atom stereocenters. The lowest BCUT2D eigenvalue weighted by atomic mass is 9.87. The number of aromatic nitrogens is 2. The molecule has 0 atom stereocenters. The van der Waals surface area contributed by atoms with Gasteiger partial charge in [-0.2, -0.15) is 0 Å². The minimum atomic E-state index is -0.0909. The summed E-state index contributed by atoms with van der Waals surface area (Å²) in [6.45, 7) is 6.51. The molecule has 3 aromatic rings. The Balaban J connectivity index is 0.000000858. The van der Waals surface area contributed by atoms with E-state index in [4.69, 9.17) is 4.98 Å². The average molecular weight is 421 g/mol. The van der Waals surface area contributed by atoms with Gasteiger partial charge in [-0.15, -0.1) is 0 Å². The lowest BCUT2D eigenvalue weighted by molar-refractivity contribution is 0.102. The molecule has 1 aromatic heterocycles. The summed E-state index contributed by atoms with van der Waals surface area (Å²) in [6, 6.07) is 13.7. The van der Waals surface area contributed by atoms with Crippen LogP contribution in [0, 0.1) is 0 Å². The predicted octanol–water partition coefficient (Wildman–Crippen LogP) is 6.00. The third kappa shape index (κ3) is 5.95. The first-order valence-electron chi connectivity index (χ1n) is 11.3. The van der Waals surface area contributed by atoms with E-state index in [9.17, 15) is 4.79 Å². The van der Waals surface area contributed by atoms with Gasteiger partial charge in [-0.1, -0.05) is 52.2 Å². The molecule has 2 aromatic carbocycles. The lowest BCUT2D eigenvalue weighted by Crippen LogP contribution is -2.14. The zero-order chi connectivity index (χ0) is 22.4. The van der Waals surface area contributed by atoms with Gasteiger partial charge in [-0.25, -0.2) is 4.98 Å². The Labute approximate surface area is 186 Å². The molecule has 5 heteroatoms. The number of nitrogens with one attached hydrogen (secondary N) is 3. The number of imidazole rings is 1. The van der Waals surface area contributed by atoms with Crippen molar-refractivity contribution in [1.29, 1.82) is 0 Å². The average Bonchev–Trinajstić information content (AvgIpc) is 3.18. The first kappa shape index (κ1) is 23.0. The fraction of sp³-hybridized carbons (Fsp3) is 0.462. The molecule has 1 aliphatic carbocycles. The van der Waals surface area contributed by atoms with Crippen LogP contribution in [0.25, 0.3) is 11.0 Å². The van der Waals surface area contributed by atoms with Crippen LogP contribution in [-0.2, 0) is 5.41 Å². The van der Waals surface area contributed by atoms with E-state index in [1.807, 2.05) is 56.6 Å². The predicted molar refractivity (Wildman–Crippen MR) is 130 cm³/mol. The lowest BCUT2D eigenvalue weighted by Gasteiger charge is -2.19. The molecule has 3 N–H and O–H groups in total. The Morgan fingerprint density at radius 1 is 1.00 bits per heavy atom. The summed E-state index contributed by atoms with van der Waals surface area (Å²) >= 11 is 0. The molecule has 0 saturated heterocycles. The molecule has 1 amide bonds. The van der Waals surface area contributed by atoms with Crippen molar-refractivity contribution in [2.24, 2.45) is 0 Å². The van der Waals surface area contributed by atoms with E-state index in [2.05, 4.69) is 36.4 Å². The minimum Gasteiger partial charge on any atom is -0.342 e. The van der Waals surface area contributed by atoms with Crippen LogP contribution in [0.4, 0.5) is 5.69 Å². The van der Waals surface area contributed by atoms with Gasteiger partial charge in [0.25, 0.3) is 5.91 Å². The van der Waals surface area contributed by atoms with E-state index in [-0.39, 0.29) is 11.3 Å². The molecule has 166 valence electrons. The first-order valence-corrected chi connectivity index (χ1v) is 11.3. The number of amides is 1. The third-order valence-corrected chi connectivity index (χ3v) is 5.76. The van der Waals surface area contributed by atoms with Crippen LogP contribution in [0.5, 0.6) is 0 Å². The van der Waals surface area contributed by atoms with Gasteiger partial charge in [0.15, 0.2) is 0 Å². The van der Waals surface area contributed by atoms with Crippen molar-refractivity contribution in [3.63, 3.8) is 0 Å². The van der Waals surface area contributed by atoms with Crippen molar-refractivity contribution in [3.8, 4) is 0 Å². The van der Waals surface area contributed by atoms with Crippen LogP contribution < -0.4 is 10.6 Å². The number of anilines is 1. The second-order valence-electron chi connectivity index (χ2n) is 9.47. The second kappa shape index (κ2) is 10.1. The van der Waals surface area contributed by atoms with Gasteiger partial charge in [0.2, 0.25) is 0 Å². The first-order chi connectivity index (χ1) is 14.8. The fourth-order valence-electron chi connectivity index (χ4n) is 4.00. The van der Waals surface area contributed by atoms with Gasteiger partial charge >= 0.3 is 0 Å². The van der Waals surface area contributed by atoms with Crippen LogP contribution >= 0.6 is 0 Å². The Morgan fingerprint density at radius 3 is 2.26 bits per heavy atom. The Hall–Kier alpha value is -2.66. The van der Waals surface area contributed by atoms with E-state index in [0.29, 0.717) is 11.5 Å². The highest BCUT2D eigenvalue weighted by atomic mass is 16.1. The summed E-state index contributed by atoms with van der Waals surface area (Å²) in [5.41, 5.74) is 4.71. The number of hydrogen-bond acceptors (Lipinski definition) is 3. The summed E-state index contributed by atoms with van der Waals surface area (Å²) in [4.78, 5) is 20.9. The smallest absolute Gasteiger partial charge is 0.255 e. The highest BCUT2D eigenvalue weighted by Crippen LogP contribution is 2.32. The monoisotopic (exact) mass is 420 g/mol. The number of carbonyl (C=O) groups is 1. The third-order valence-electron chi connectivity index (χ3n) is 5.76. The number of H-pyrrole nitrogens is 1. The zero-order valence-electron chi connectivity index (χ0n) is 19.5. The molecule has 0 spiro atoms. The number of aromatic amines is 1. The van der Waals surface area contributed by atoms with E-state index >= 15 is 0 Å². The van der Waals surface area contributed by atoms with Crippen molar-refractivity contribution in [3.05, 3.63) is 59.4 Å². The number of nitrogens with zero attached hydrogens (tertiary/aromatic N) is 1. The van der Waals surface area contributed by atoms with Gasteiger partial charge in [0, 0.05) is 17.2 Å². The molecule has 1 aliphatic rings. The van der Waals surface area contributed by atoms with Gasteiger partial charge in [-0.3, -0.25) is 4.79 Å². The van der Waals surface area contributed by atoms with Crippen molar-refractivity contribution >= 4 is 22.6 Å². The molecule has 4 rings (SSSR count). The summed E-state index contributed by atoms with van der Waals surface area (Å²) in [5, 5.41) is 5.76. The van der Waals surface area contributed by atoms with E-state index in [0.717, 1.165) is 22.5 Å². The number of hydrogen-bond donors (Lipinski definition) is 3. The molecule has 1 heterocycles. The molecule has 31 heavy (non-hydrogen) atoms. The van der Waals surface area contributed by atoms with Gasteiger partial charge < -0.3 is 15.6 Å². The maximum Gasteiger partial charge on any atom is 0.255 e. The second-order valence-corrected chi connectivity index (χ2v) is 9.47. The molecule has 5 nitrogen and oxygen atoms in total. The zero-order valence-corrected chi connectivity index (χ0v) is 19.5. The summed E-state index contributed by atoms with van der Waals surface area (Å²) < 4.78 is 0.